The molecule has 0 aliphatic heterocycles. The van der Waals surface area contributed by atoms with Crippen molar-refractivity contribution in [2.75, 3.05) is 13.1 Å². The second-order valence-corrected chi connectivity index (χ2v) is 5.72. The molecule has 3 nitrogen and oxygen atoms in total. The highest BCUT2D eigenvalue weighted by Crippen LogP contribution is 2.21. The van der Waals surface area contributed by atoms with Crippen LogP contribution in [0.15, 0.2) is 34.9 Å². The first-order valence-corrected chi connectivity index (χ1v) is 7.79. The second-order valence-electron chi connectivity index (χ2n) is 4.48. The Morgan fingerprint density at radius 2 is 2.00 bits per heavy atom. The molecule has 0 saturated carbocycles. The summed E-state index contributed by atoms with van der Waals surface area (Å²) in [5.74, 6) is 1.68. The highest BCUT2D eigenvalue weighted by molar-refractivity contribution is 14.1. The summed E-state index contributed by atoms with van der Waals surface area (Å²) in [6.45, 7) is 4.28. The van der Waals surface area contributed by atoms with E-state index in [-0.39, 0.29) is 0 Å². The minimum Gasteiger partial charge on any atom is -0.441 e. The third kappa shape index (κ3) is 4.62. The molecule has 0 atom stereocenters. The van der Waals surface area contributed by atoms with E-state index in [1.54, 1.807) is 0 Å². The zero-order valence-electron chi connectivity index (χ0n) is 11.2. The molecule has 0 aliphatic carbocycles. The van der Waals surface area contributed by atoms with Crippen molar-refractivity contribution >= 4 is 22.6 Å². The summed E-state index contributed by atoms with van der Waals surface area (Å²) < 4.78 is 7.00. The molecule has 0 radical (unpaired) electrons. The molecule has 1 N–H and O–H groups in total. The number of aryl methyl sites for hydroxylation is 1. The van der Waals surface area contributed by atoms with Crippen molar-refractivity contribution in [2.24, 2.45) is 0 Å². The van der Waals surface area contributed by atoms with E-state index in [9.17, 15) is 0 Å². The van der Waals surface area contributed by atoms with Gasteiger partial charge in [0.05, 0.1) is 6.20 Å². The summed E-state index contributed by atoms with van der Waals surface area (Å²) in [4.78, 5) is 4.34. The predicted octanol–water partition coefficient (Wildman–Crippen LogP) is 3.88. The molecular weight excluding hydrogens is 351 g/mol. The summed E-state index contributed by atoms with van der Waals surface area (Å²) in [6, 6.07) is 8.28. The number of nitrogens with zero attached hydrogens (tertiary/aromatic N) is 1. The Hall–Kier alpha value is -0.880. The SMILES string of the molecule is CCCNCCCc1ncc(-c2ccc(I)cc2)o1. The number of rotatable bonds is 7. The van der Waals surface area contributed by atoms with E-state index in [1.807, 2.05) is 6.20 Å². The van der Waals surface area contributed by atoms with Crippen molar-refractivity contribution in [3.05, 3.63) is 39.9 Å². The average Bonchev–Trinajstić information content (AvgIpc) is 2.88. The van der Waals surface area contributed by atoms with Gasteiger partial charge in [0.1, 0.15) is 0 Å². The summed E-state index contributed by atoms with van der Waals surface area (Å²) in [5.41, 5.74) is 1.09. The van der Waals surface area contributed by atoms with Crippen molar-refractivity contribution in [3.8, 4) is 11.3 Å². The minimum absolute atomic E-state index is 0.826. The van der Waals surface area contributed by atoms with E-state index < -0.39 is 0 Å². The standard InChI is InChI=1S/C15H19IN2O/c1-2-9-17-10-3-4-15-18-11-14(19-15)12-5-7-13(16)8-6-12/h5-8,11,17H,2-4,9-10H2,1H3. The van der Waals surface area contributed by atoms with Crippen molar-refractivity contribution < 1.29 is 4.42 Å². The molecule has 2 aromatic rings. The van der Waals surface area contributed by atoms with Gasteiger partial charge in [-0.3, -0.25) is 0 Å². The van der Waals surface area contributed by atoms with Gasteiger partial charge in [-0.2, -0.15) is 0 Å². The Kier molecular flexibility index (Phi) is 5.85. The maximum absolute atomic E-state index is 5.77. The molecule has 102 valence electrons. The van der Waals surface area contributed by atoms with E-state index in [0.717, 1.165) is 43.1 Å². The molecular formula is C15H19IN2O. The first-order valence-electron chi connectivity index (χ1n) is 6.71. The number of hydrogen-bond acceptors (Lipinski definition) is 3. The molecule has 0 aliphatic rings. The van der Waals surface area contributed by atoms with E-state index in [0.29, 0.717) is 0 Å². The molecule has 1 heterocycles. The molecule has 0 fully saturated rings. The highest BCUT2D eigenvalue weighted by Gasteiger charge is 2.05. The van der Waals surface area contributed by atoms with Crippen LogP contribution in [0.1, 0.15) is 25.7 Å². The normalized spacial score (nSPS) is 10.8. The summed E-state index contributed by atoms with van der Waals surface area (Å²) in [6.07, 6.45) is 4.95. The number of benzene rings is 1. The third-order valence-corrected chi connectivity index (χ3v) is 3.57. The van der Waals surface area contributed by atoms with Crippen LogP contribution in [0.4, 0.5) is 0 Å². The molecule has 0 spiro atoms. The topological polar surface area (TPSA) is 38.1 Å². The van der Waals surface area contributed by atoms with E-state index in [2.05, 4.69) is 64.1 Å². The zero-order valence-corrected chi connectivity index (χ0v) is 13.3. The molecule has 0 bridgehead atoms. The van der Waals surface area contributed by atoms with Crippen LogP contribution in [0.25, 0.3) is 11.3 Å². The third-order valence-electron chi connectivity index (χ3n) is 2.85. The summed E-state index contributed by atoms with van der Waals surface area (Å²) >= 11 is 2.30. The molecule has 1 aromatic heterocycles. The van der Waals surface area contributed by atoms with Crippen LogP contribution in [0, 0.1) is 3.57 Å². The van der Waals surface area contributed by atoms with Gasteiger partial charge >= 0.3 is 0 Å². The van der Waals surface area contributed by atoms with E-state index in [4.69, 9.17) is 4.42 Å². The lowest BCUT2D eigenvalue weighted by Crippen LogP contribution is -2.16. The fraction of sp³-hybridized carbons (Fsp3) is 0.400. The van der Waals surface area contributed by atoms with Crippen molar-refractivity contribution in [2.45, 2.75) is 26.2 Å². The van der Waals surface area contributed by atoms with E-state index >= 15 is 0 Å². The van der Waals surface area contributed by atoms with Gasteiger partial charge in [-0.15, -0.1) is 0 Å². The smallest absolute Gasteiger partial charge is 0.194 e. The van der Waals surface area contributed by atoms with Gasteiger partial charge in [-0.1, -0.05) is 19.1 Å². The van der Waals surface area contributed by atoms with Crippen LogP contribution >= 0.6 is 22.6 Å². The highest BCUT2D eigenvalue weighted by atomic mass is 127. The van der Waals surface area contributed by atoms with Crippen molar-refractivity contribution in [1.29, 1.82) is 0 Å². The first kappa shape index (κ1) is 14.5. The minimum atomic E-state index is 0.826. The number of nitrogens with one attached hydrogen (secondary N) is 1. The number of halogens is 1. The van der Waals surface area contributed by atoms with Gasteiger partial charge in [0.15, 0.2) is 11.7 Å². The summed E-state index contributed by atoms with van der Waals surface area (Å²) in [7, 11) is 0. The second kappa shape index (κ2) is 7.65. The molecule has 0 amide bonds. The lowest BCUT2D eigenvalue weighted by atomic mass is 10.2. The van der Waals surface area contributed by atoms with Crippen LogP contribution in [-0.2, 0) is 6.42 Å². The summed E-state index contributed by atoms with van der Waals surface area (Å²) in [5, 5.41) is 3.38. The monoisotopic (exact) mass is 370 g/mol. The molecule has 4 heteroatoms. The molecule has 0 unspecified atom stereocenters. The largest absolute Gasteiger partial charge is 0.441 e. The molecule has 2 rings (SSSR count). The fourth-order valence-corrected chi connectivity index (χ4v) is 2.20. The maximum Gasteiger partial charge on any atom is 0.194 e. The van der Waals surface area contributed by atoms with Crippen molar-refractivity contribution in [3.63, 3.8) is 0 Å². The van der Waals surface area contributed by atoms with Crippen LogP contribution in [0.3, 0.4) is 0 Å². The van der Waals surface area contributed by atoms with Crippen LogP contribution in [0.2, 0.25) is 0 Å². The fourth-order valence-electron chi connectivity index (χ4n) is 1.84. The van der Waals surface area contributed by atoms with Gasteiger partial charge in [-0.05, 0) is 60.7 Å². The Bertz CT molecular complexity index is 493. The molecule has 0 saturated heterocycles. The number of aromatic nitrogens is 1. The average molecular weight is 370 g/mol. The van der Waals surface area contributed by atoms with Crippen LogP contribution in [-0.4, -0.2) is 18.1 Å². The number of oxazole rings is 1. The van der Waals surface area contributed by atoms with Gasteiger partial charge < -0.3 is 9.73 Å². The Balaban J connectivity index is 1.86. The predicted molar refractivity (Wildman–Crippen MR) is 86.1 cm³/mol. The van der Waals surface area contributed by atoms with Gasteiger partial charge in [-0.25, -0.2) is 4.98 Å². The molecule has 1 aromatic carbocycles. The van der Waals surface area contributed by atoms with Crippen LogP contribution < -0.4 is 5.32 Å². The van der Waals surface area contributed by atoms with Gasteiger partial charge in [0, 0.05) is 15.6 Å². The van der Waals surface area contributed by atoms with Crippen LogP contribution in [0.5, 0.6) is 0 Å². The molecule has 19 heavy (non-hydrogen) atoms. The maximum atomic E-state index is 5.77. The Morgan fingerprint density at radius 3 is 2.74 bits per heavy atom. The first-order chi connectivity index (χ1) is 9.29. The lowest BCUT2D eigenvalue weighted by molar-refractivity contribution is 0.491. The zero-order chi connectivity index (χ0) is 13.5. The van der Waals surface area contributed by atoms with Gasteiger partial charge in [0.2, 0.25) is 0 Å². The van der Waals surface area contributed by atoms with Gasteiger partial charge in [0.25, 0.3) is 0 Å². The quantitative estimate of drug-likeness (QED) is 0.594. The Labute approximate surface area is 128 Å². The van der Waals surface area contributed by atoms with Crippen molar-refractivity contribution in [1.82, 2.24) is 10.3 Å². The number of hydrogen-bond donors (Lipinski definition) is 1. The van der Waals surface area contributed by atoms with E-state index in [1.165, 1.54) is 9.99 Å². The lowest BCUT2D eigenvalue weighted by Gasteiger charge is -2.00. The Morgan fingerprint density at radius 1 is 1.21 bits per heavy atom.